The number of carboxylic acids is 1. The number of nitrogens with zero attached hydrogens (tertiary/aromatic N) is 4. The molecule has 6 nitrogen and oxygen atoms in total. The van der Waals surface area contributed by atoms with Crippen LogP contribution in [0.1, 0.15) is 28.7 Å². The van der Waals surface area contributed by atoms with Crippen LogP contribution in [0.4, 0.5) is 5.82 Å². The molecule has 1 N–H and O–H groups in total. The number of anilines is 1. The minimum atomic E-state index is -0.954. The molecule has 0 bridgehead atoms. The summed E-state index contributed by atoms with van der Waals surface area (Å²) in [5.41, 5.74) is 1.67. The zero-order valence-electron chi connectivity index (χ0n) is 11.9. The summed E-state index contributed by atoms with van der Waals surface area (Å²) in [6.45, 7) is 4.92. The van der Waals surface area contributed by atoms with Gasteiger partial charge in [-0.25, -0.2) is 4.79 Å². The van der Waals surface area contributed by atoms with Crippen LogP contribution in [-0.2, 0) is 13.6 Å². The van der Waals surface area contributed by atoms with Gasteiger partial charge in [0.25, 0.3) is 0 Å². The molecule has 0 atom stereocenters. The Labute approximate surface area is 117 Å². The van der Waals surface area contributed by atoms with E-state index >= 15 is 0 Å². The molecule has 0 aliphatic heterocycles. The molecule has 2 aromatic heterocycles. The molecule has 2 aromatic rings. The highest BCUT2D eigenvalue weighted by atomic mass is 16.4. The summed E-state index contributed by atoms with van der Waals surface area (Å²) < 4.78 is 1.62. The third-order valence-corrected chi connectivity index (χ3v) is 3.17. The summed E-state index contributed by atoms with van der Waals surface area (Å²) in [6.07, 6.45) is 1.73. The Morgan fingerprint density at radius 1 is 1.45 bits per heavy atom. The van der Waals surface area contributed by atoms with E-state index < -0.39 is 5.97 Å². The van der Waals surface area contributed by atoms with Gasteiger partial charge in [-0.15, -0.1) is 0 Å². The van der Waals surface area contributed by atoms with E-state index in [-0.39, 0.29) is 5.56 Å². The van der Waals surface area contributed by atoms with Gasteiger partial charge in [0.05, 0.1) is 17.9 Å². The van der Waals surface area contributed by atoms with Gasteiger partial charge >= 0.3 is 5.97 Å². The molecule has 0 unspecified atom stereocenters. The van der Waals surface area contributed by atoms with E-state index in [2.05, 4.69) is 10.1 Å². The number of aryl methyl sites for hydroxylation is 2. The summed E-state index contributed by atoms with van der Waals surface area (Å²) in [5, 5.41) is 13.6. The highest BCUT2D eigenvalue weighted by molar-refractivity contribution is 5.94. The third-order valence-electron chi connectivity index (χ3n) is 3.17. The van der Waals surface area contributed by atoms with Crippen molar-refractivity contribution < 1.29 is 9.90 Å². The van der Waals surface area contributed by atoms with Crippen LogP contribution in [0.25, 0.3) is 0 Å². The molecule has 0 radical (unpaired) electrons. The molecule has 0 saturated heterocycles. The Hall–Kier alpha value is -2.37. The first-order chi connectivity index (χ1) is 9.54. The Kier molecular flexibility index (Phi) is 4.02. The van der Waals surface area contributed by atoms with Crippen LogP contribution in [0, 0.1) is 6.92 Å². The van der Waals surface area contributed by atoms with E-state index in [1.54, 1.807) is 24.9 Å². The smallest absolute Gasteiger partial charge is 0.341 e. The molecule has 0 aromatic carbocycles. The summed E-state index contributed by atoms with van der Waals surface area (Å²) in [7, 11) is 1.76. The Morgan fingerprint density at radius 2 is 2.20 bits per heavy atom. The highest BCUT2D eigenvalue weighted by Gasteiger charge is 2.23. The molecule has 2 rings (SSSR count). The van der Waals surface area contributed by atoms with Crippen molar-refractivity contribution in [3.63, 3.8) is 0 Å². The second-order valence-electron chi connectivity index (χ2n) is 4.55. The number of aromatic nitrogens is 3. The first-order valence-corrected chi connectivity index (χ1v) is 6.46. The van der Waals surface area contributed by atoms with Crippen molar-refractivity contribution in [2.24, 2.45) is 7.05 Å². The lowest BCUT2D eigenvalue weighted by molar-refractivity contribution is 0.0696. The maximum Gasteiger partial charge on any atom is 0.341 e. The summed E-state index contributed by atoms with van der Waals surface area (Å²) in [5.74, 6) is -0.340. The van der Waals surface area contributed by atoms with Crippen molar-refractivity contribution in [1.82, 2.24) is 14.8 Å². The molecule has 2 heterocycles. The fourth-order valence-electron chi connectivity index (χ4n) is 2.28. The van der Waals surface area contributed by atoms with E-state index in [9.17, 15) is 9.90 Å². The molecule has 0 spiro atoms. The first-order valence-electron chi connectivity index (χ1n) is 6.46. The molecular weight excluding hydrogens is 256 g/mol. The SMILES string of the molecule is CCN(Cc1ccccn1)c1c(C(=O)O)c(C)nn1C. The Morgan fingerprint density at radius 3 is 2.75 bits per heavy atom. The normalized spacial score (nSPS) is 10.6. The van der Waals surface area contributed by atoms with Gasteiger partial charge in [0.1, 0.15) is 11.4 Å². The molecule has 6 heteroatoms. The van der Waals surface area contributed by atoms with Crippen molar-refractivity contribution in [2.75, 3.05) is 11.4 Å². The van der Waals surface area contributed by atoms with Crippen molar-refractivity contribution in [3.8, 4) is 0 Å². The predicted octanol–water partition coefficient (Wildman–Crippen LogP) is 1.85. The molecule has 106 valence electrons. The topological polar surface area (TPSA) is 71.2 Å². The fourth-order valence-corrected chi connectivity index (χ4v) is 2.28. The number of pyridine rings is 1. The summed E-state index contributed by atoms with van der Waals surface area (Å²) in [6, 6.07) is 5.70. The quantitative estimate of drug-likeness (QED) is 0.901. The molecule has 0 saturated carbocycles. The van der Waals surface area contributed by atoms with E-state index in [0.717, 1.165) is 5.69 Å². The van der Waals surface area contributed by atoms with Crippen LogP contribution in [0.3, 0.4) is 0 Å². The lowest BCUT2D eigenvalue weighted by Crippen LogP contribution is -2.26. The van der Waals surface area contributed by atoms with Gasteiger partial charge in [-0.05, 0) is 26.0 Å². The van der Waals surface area contributed by atoms with Gasteiger partial charge in [-0.2, -0.15) is 5.10 Å². The number of rotatable bonds is 5. The molecule has 0 fully saturated rings. The maximum absolute atomic E-state index is 11.4. The first kappa shape index (κ1) is 14.0. The van der Waals surface area contributed by atoms with E-state index in [4.69, 9.17) is 0 Å². The number of carbonyl (C=O) groups is 1. The van der Waals surface area contributed by atoms with Gasteiger partial charge in [-0.1, -0.05) is 6.07 Å². The summed E-state index contributed by atoms with van der Waals surface area (Å²) in [4.78, 5) is 17.7. The van der Waals surface area contributed by atoms with Crippen molar-refractivity contribution in [3.05, 3.63) is 41.3 Å². The van der Waals surface area contributed by atoms with Crippen LogP contribution in [-0.4, -0.2) is 32.4 Å². The highest BCUT2D eigenvalue weighted by Crippen LogP contribution is 2.24. The van der Waals surface area contributed by atoms with Gasteiger partial charge in [0, 0.05) is 19.8 Å². The Bertz CT molecular complexity index is 607. The largest absolute Gasteiger partial charge is 0.477 e. The molecule has 20 heavy (non-hydrogen) atoms. The molecule has 0 amide bonds. The van der Waals surface area contributed by atoms with Crippen molar-refractivity contribution >= 4 is 11.8 Å². The van der Waals surface area contributed by atoms with E-state index in [1.807, 2.05) is 30.0 Å². The number of hydrogen-bond acceptors (Lipinski definition) is 4. The van der Waals surface area contributed by atoms with Crippen LogP contribution in [0.15, 0.2) is 24.4 Å². The van der Waals surface area contributed by atoms with Crippen molar-refractivity contribution in [1.29, 1.82) is 0 Å². The van der Waals surface area contributed by atoms with E-state index in [0.29, 0.717) is 24.6 Å². The lowest BCUT2D eigenvalue weighted by Gasteiger charge is -2.23. The minimum Gasteiger partial charge on any atom is -0.477 e. The van der Waals surface area contributed by atoms with Gasteiger partial charge in [0.15, 0.2) is 0 Å². The second-order valence-corrected chi connectivity index (χ2v) is 4.55. The Balaban J connectivity index is 2.40. The predicted molar refractivity (Wildman–Crippen MR) is 75.9 cm³/mol. The molecule has 0 aliphatic carbocycles. The van der Waals surface area contributed by atoms with Crippen LogP contribution in [0.5, 0.6) is 0 Å². The third kappa shape index (κ3) is 2.64. The second kappa shape index (κ2) is 5.73. The molecule has 0 aliphatic rings. The van der Waals surface area contributed by atoms with Gasteiger partial charge in [-0.3, -0.25) is 9.67 Å². The number of carboxylic acid groups (broad SMARTS) is 1. The summed E-state index contributed by atoms with van der Waals surface area (Å²) >= 11 is 0. The van der Waals surface area contributed by atoms with Crippen LogP contribution < -0.4 is 4.90 Å². The standard InChI is InChI=1S/C14H18N4O2/c1-4-18(9-11-7-5-6-8-15-11)13-12(14(19)20)10(2)16-17(13)3/h5-8H,4,9H2,1-3H3,(H,19,20). The lowest BCUT2D eigenvalue weighted by atomic mass is 10.2. The van der Waals surface area contributed by atoms with Gasteiger partial charge in [0.2, 0.25) is 0 Å². The zero-order chi connectivity index (χ0) is 14.7. The van der Waals surface area contributed by atoms with Crippen molar-refractivity contribution in [2.45, 2.75) is 20.4 Å². The fraction of sp³-hybridized carbons (Fsp3) is 0.357. The molecular formula is C14H18N4O2. The number of hydrogen-bond donors (Lipinski definition) is 1. The average molecular weight is 274 g/mol. The zero-order valence-corrected chi connectivity index (χ0v) is 11.9. The number of aromatic carboxylic acids is 1. The average Bonchev–Trinajstić information content (AvgIpc) is 2.72. The van der Waals surface area contributed by atoms with Crippen LogP contribution >= 0.6 is 0 Å². The monoisotopic (exact) mass is 274 g/mol. The maximum atomic E-state index is 11.4. The minimum absolute atomic E-state index is 0.255. The van der Waals surface area contributed by atoms with Gasteiger partial charge < -0.3 is 10.0 Å². The van der Waals surface area contributed by atoms with Crippen LogP contribution in [0.2, 0.25) is 0 Å². The van der Waals surface area contributed by atoms with E-state index in [1.165, 1.54) is 0 Å².